The molecule has 1 nitrogen and oxygen atoms in total. The number of benzene rings is 1. The third-order valence-electron chi connectivity index (χ3n) is 4.88. The van der Waals surface area contributed by atoms with Gasteiger partial charge in [0.15, 0.2) is 0 Å². The minimum absolute atomic E-state index is 0.149. The van der Waals surface area contributed by atoms with Crippen LogP contribution in [0.25, 0.3) is 0 Å². The van der Waals surface area contributed by atoms with Gasteiger partial charge in [0.2, 0.25) is 0 Å². The van der Waals surface area contributed by atoms with Gasteiger partial charge in [-0.15, -0.1) is 0 Å². The van der Waals surface area contributed by atoms with Gasteiger partial charge in [-0.05, 0) is 61.4 Å². The van der Waals surface area contributed by atoms with Gasteiger partial charge in [-0.2, -0.15) is 0 Å². The minimum atomic E-state index is -0.149. The molecule has 1 unspecified atom stereocenters. The maximum absolute atomic E-state index is 13.6. The quantitative estimate of drug-likeness (QED) is 0.727. The van der Waals surface area contributed by atoms with Crippen molar-refractivity contribution in [3.8, 4) is 0 Å². The Morgan fingerprint density at radius 2 is 1.90 bits per heavy atom. The molecule has 0 saturated heterocycles. The SMILES string of the molecule is CCNC(Cc1cc(F)cc(Br)c1)C1CCC(CC)CC1. The number of halogens is 2. The fraction of sp³-hybridized carbons (Fsp3) is 0.667. The Morgan fingerprint density at radius 3 is 2.48 bits per heavy atom. The maximum Gasteiger partial charge on any atom is 0.124 e. The molecule has 0 amide bonds. The molecule has 1 fully saturated rings. The predicted molar refractivity (Wildman–Crippen MR) is 91.0 cm³/mol. The van der Waals surface area contributed by atoms with Gasteiger partial charge in [-0.3, -0.25) is 0 Å². The molecule has 2 rings (SSSR count). The normalized spacial score (nSPS) is 24.0. The Labute approximate surface area is 136 Å². The fourth-order valence-electron chi connectivity index (χ4n) is 3.65. The molecule has 1 aliphatic carbocycles. The maximum atomic E-state index is 13.6. The van der Waals surface area contributed by atoms with Crippen LogP contribution in [0.1, 0.15) is 51.5 Å². The van der Waals surface area contributed by atoms with Gasteiger partial charge < -0.3 is 5.32 Å². The van der Waals surface area contributed by atoms with E-state index in [1.807, 2.05) is 6.07 Å². The van der Waals surface area contributed by atoms with Crippen molar-refractivity contribution >= 4 is 15.9 Å². The lowest BCUT2D eigenvalue weighted by Crippen LogP contribution is -2.39. The zero-order valence-electron chi connectivity index (χ0n) is 13.2. The summed E-state index contributed by atoms with van der Waals surface area (Å²) >= 11 is 3.39. The van der Waals surface area contributed by atoms with Crippen molar-refractivity contribution < 1.29 is 4.39 Å². The smallest absolute Gasteiger partial charge is 0.124 e. The van der Waals surface area contributed by atoms with Gasteiger partial charge in [0.25, 0.3) is 0 Å². The van der Waals surface area contributed by atoms with E-state index in [0.29, 0.717) is 6.04 Å². The van der Waals surface area contributed by atoms with Crippen molar-refractivity contribution in [2.75, 3.05) is 6.54 Å². The van der Waals surface area contributed by atoms with Crippen LogP contribution in [0.4, 0.5) is 4.39 Å². The average molecular weight is 356 g/mol. The largest absolute Gasteiger partial charge is 0.314 e. The zero-order chi connectivity index (χ0) is 15.2. The number of hydrogen-bond acceptors (Lipinski definition) is 1. The molecule has 1 aromatic rings. The summed E-state index contributed by atoms with van der Waals surface area (Å²) < 4.78 is 14.4. The summed E-state index contributed by atoms with van der Waals surface area (Å²) in [5.41, 5.74) is 1.09. The zero-order valence-corrected chi connectivity index (χ0v) is 14.8. The van der Waals surface area contributed by atoms with E-state index < -0.39 is 0 Å². The van der Waals surface area contributed by atoms with Crippen LogP contribution in [0.15, 0.2) is 22.7 Å². The molecule has 0 aliphatic heterocycles. The number of likely N-dealkylation sites (N-methyl/N-ethyl adjacent to an activating group) is 1. The minimum Gasteiger partial charge on any atom is -0.314 e. The molecule has 1 N–H and O–H groups in total. The Hall–Kier alpha value is -0.410. The van der Waals surface area contributed by atoms with E-state index in [2.05, 4.69) is 35.1 Å². The summed E-state index contributed by atoms with van der Waals surface area (Å²) in [5.74, 6) is 1.51. The van der Waals surface area contributed by atoms with E-state index in [4.69, 9.17) is 0 Å². The first kappa shape index (κ1) is 17.0. The van der Waals surface area contributed by atoms with E-state index in [0.717, 1.165) is 34.8 Å². The van der Waals surface area contributed by atoms with Crippen LogP contribution in [-0.2, 0) is 6.42 Å². The first-order valence-electron chi connectivity index (χ1n) is 8.30. The second-order valence-electron chi connectivity index (χ2n) is 6.34. The predicted octanol–water partition coefficient (Wildman–Crippen LogP) is 5.33. The van der Waals surface area contributed by atoms with E-state index in [1.165, 1.54) is 38.2 Å². The van der Waals surface area contributed by atoms with Crippen LogP contribution in [-0.4, -0.2) is 12.6 Å². The monoisotopic (exact) mass is 355 g/mol. The summed E-state index contributed by atoms with van der Waals surface area (Å²) in [5, 5.41) is 3.63. The highest BCUT2D eigenvalue weighted by Crippen LogP contribution is 2.33. The topological polar surface area (TPSA) is 12.0 Å². The summed E-state index contributed by atoms with van der Waals surface area (Å²) in [4.78, 5) is 0. The molecule has 3 heteroatoms. The third kappa shape index (κ3) is 5.07. The van der Waals surface area contributed by atoms with Gasteiger partial charge in [0, 0.05) is 10.5 Å². The van der Waals surface area contributed by atoms with Gasteiger partial charge in [-0.1, -0.05) is 49.0 Å². The molecule has 1 aliphatic rings. The lowest BCUT2D eigenvalue weighted by molar-refractivity contribution is 0.218. The number of nitrogens with one attached hydrogen (secondary N) is 1. The van der Waals surface area contributed by atoms with Crippen LogP contribution >= 0.6 is 15.9 Å². The van der Waals surface area contributed by atoms with E-state index >= 15 is 0 Å². The third-order valence-corrected chi connectivity index (χ3v) is 5.34. The molecule has 0 radical (unpaired) electrons. The molecule has 1 atom stereocenters. The molecule has 118 valence electrons. The van der Waals surface area contributed by atoms with Crippen LogP contribution in [0.2, 0.25) is 0 Å². The molecule has 0 spiro atoms. The Balaban J connectivity index is 2.01. The summed E-state index contributed by atoms with van der Waals surface area (Å²) in [6.07, 6.45) is 7.58. The molecule has 1 saturated carbocycles. The lowest BCUT2D eigenvalue weighted by Gasteiger charge is -2.34. The number of rotatable bonds is 6. The molecule has 0 bridgehead atoms. The van der Waals surface area contributed by atoms with Gasteiger partial charge in [0.05, 0.1) is 0 Å². The molecule has 0 heterocycles. The Bertz CT molecular complexity index is 421. The van der Waals surface area contributed by atoms with Gasteiger partial charge >= 0.3 is 0 Å². The summed E-state index contributed by atoms with van der Waals surface area (Å²) in [6, 6.07) is 5.72. The number of hydrogen-bond donors (Lipinski definition) is 1. The van der Waals surface area contributed by atoms with Crippen molar-refractivity contribution in [3.05, 3.63) is 34.1 Å². The van der Waals surface area contributed by atoms with Crippen molar-refractivity contribution in [1.82, 2.24) is 5.32 Å². The van der Waals surface area contributed by atoms with Crippen LogP contribution in [0.3, 0.4) is 0 Å². The Kier molecular flexibility index (Phi) is 6.69. The molecule has 0 aromatic heterocycles. The molecular weight excluding hydrogens is 329 g/mol. The second kappa shape index (κ2) is 8.28. The molecule has 21 heavy (non-hydrogen) atoms. The van der Waals surface area contributed by atoms with Gasteiger partial charge in [0.1, 0.15) is 5.82 Å². The highest BCUT2D eigenvalue weighted by molar-refractivity contribution is 9.10. The summed E-state index contributed by atoms with van der Waals surface area (Å²) in [7, 11) is 0. The Morgan fingerprint density at radius 1 is 1.19 bits per heavy atom. The van der Waals surface area contributed by atoms with E-state index in [-0.39, 0.29) is 5.82 Å². The average Bonchev–Trinajstić information content (AvgIpc) is 2.46. The summed E-state index contributed by atoms with van der Waals surface area (Å²) in [6.45, 7) is 5.44. The highest BCUT2D eigenvalue weighted by Gasteiger charge is 2.26. The first-order chi connectivity index (χ1) is 10.1. The van der Waals surface area contributed by atoms with Crippen molar-refractivity contribution in [1.29, 1.82) is 0 Å². The lowest BCUT2D eigenvalue weighted by atomic mass is 9.76. The van der Waals surface area contributed by atoms with Crippen LogP contribution in [0.5, 0.6) is 0 Å². The van der Waals surface area contributed by atoms with E-state index in [1.54, 1.807) is 6.07 Å². The van der Waals surface area contributed by atoms with Gasteiger partial charge in [-0.25, -0.2) is 4.39 Å². The fourth-order valence-corrected chi connectivity index (χ4v) is 4.16. The van der Waals surface area contributed by atoms with E-state index in [9.17, 15) is 4.39 Å². The van der Waals surface area contributed by atoms with Crippen LogP contribution in [0, 0.1) is 17.7 Å². The van der Waals surface area contributed by atoms with Crippen molar-refractivity contribution in [2.45, 2.75) is 58.4 Å². The standard InChI is InChI=1S/C18H27BrFN/c1-3-13-5-7-15(8-6-13)18(21-4-2)11-14-9-16(19)12-17(20)10-14/h9-10,12-13,15,18,21H,3-8,11H2,1-2H3. The first-order valence-corrected chi connectivity index (χ1v) is 9.10. The van der Waals surface area contributed by atoms with Crippen LogP contribution < -0.4 is 5.32 Å². The van der Waals surface area contributed by atoms with Crippen molar-refractivity contribution in [3.63, 3.8) is 0 Å². The second-order valence-corrected chi connectivity index (χ2v) is 7.25. The molecule has 1 aromatic carbocycles. The highest BCUT2D eigenvalue weighted by atomic mass is 79.9. The van der Waals surface area contributed by atoms with Crippen molar-refractivity contribution in [2.24, 2.45) is 11.8 Å². The molecular formula is C18H27BrFN.